The van der Waals surface area contributed by atoms with Crippen molar-refractivity contribution in [3.63, 3.8) is 0 Å². The minimum atomic E-state index is -0.126. The van der Waals surface area contributed by atoms with Crippen LogP contribution in [0.15, 0.2) is 47.8 Å². The second kappa shape index (κ2) is 9.57. The molecule has 5 nitrogen and oxygen atoms in total. The van der Waals surface area contributed by atoms with Gasteiger partial charge in [0.25, 0.3) is 5.91 Å². The third-order valence-electron chi connectivity index (χ3n) is 4.60. The Hall–Kier alpha value is -2.57. The van der Waals surface area contributed by atoms with Gasteiger partial charge < -0.3 is 19.4 Å². The SMILES string of the molecule is COCCCOc1ccccc1NC(=O)c1cc(C)n(Cc2cccs2)c1C. The van der Waals surface area contributed by atoms with Crippen LogP contribution in [0.1, 0.15) is 33.0 Å². The summed E-state index contributed by atoms with van der Waals surface area (Å²) in [4.78, 5) is 14.2. The Morgan fingerprint density at radius 2 is 1.96 bits per heavy atom. The number of anilines is 1. The van der Waals surface area contributed by atoms with E-state index in [0.717, 1.165) is 24.4 Å². The maximum Gasteiger partial charge on any atom is 0.257 e. The molecule has 2 heterocycles. The van der Waals surface area contributed by atoms with E-state index >= 15 is 0 Å². The molecular formula is C22H26N2O3S. The van der Waals surface area contributed by atoms with Crippen molar-refractivity contribution in [2.45, 2.75) is 26.8 Å². The Labute approximate surface area is 169 Å². The molecule has 0 aliphatic carbocycles. The van der Waals surface area contributed by atoms with Gasteiger partial charge in [-0.05, 0) is 43.5 Å². The molecule has 148 valence electrons. The molecule has 0 fully saturated rings. The number of rotatable bonds is 9. The van der Waals surface area contributed by atoms with E-state index in [1.165, 1.54) is 4.88 Å². The van der Waals surface area contributed by atoms with E-state index in [4.69, 9.17) is 9.47 Å². The van der Waals surface area contributed by atoms with Gasteiger partial charge >= 0.3 is 0 Å². The number of nitrogens with zero attached hydrogens (tertiary/aromatic N) is 1. The van der Waals surface area contributed by atoms with E-state index in [0.29, 0.717) is 30.2 Å². The Bertz CT molecular complexity index is 916. The van der Waals surface area contributed by atoms with Crippen molar-refractivity contribution in [3.8, 4) is 5.75 Å². The summed E-state index contributed by atoms with van der Waals surface area (Å²) >= 11 is 1.72. The number of ether oxygens (including phenoxy) is 2. The number of para-hydroxylation sites is 2. The maximum absolute atomic E-state index is 12.9. The number of aryl methyl sites for hydroxylation is 1. The molecule has 3 rings (SSSR count). The molecule has 0 saturated heterocycles. The highest BCUT2D eigenvalue weighted by molar-refractivity contribution is 7.09. The van der Waals surface area contributed by atoms with Crippen LogP contribution in [0.2, 0.25) is 0 Å². The molecule has 0 spiro atoms. The molecule has 28 heavy (non-hydrogen) atoms. The van der Waals surface area contributed by atoms with Crippen LogP contribution >= 0.6 is 11.3 Å². The minimum Gasteiger partial charge on any atom is -0.491 e. The van der Waals surface area contributed by atoms with Crippen molar-refractivity contribution in [1.29, 1.82) is 0 Å². The Balaban J connectivity index is 1.73. The molecule has 1 amide bonds. The second-order valence-electron chi connectivity index (χ2n) is 6.60. The summed E-state index contributed by atoms with van der Waals surface area (Å²) in [7, 11) is 1.67. The zero-order chi connectivity index (χ0) is 19.9. The average molecular weight is 399 g/mol. The van der Waals surface area contributed by atoms with Gasteiger partial charge in [0.2, 0.25) is 0 Å². The van der Waals surface area contributed by atoms with Crippen LogP contribution < -0.4 is 10.1 Å². The smallest absolute Gasteiger partial charge is 0.257 e. The van der Waals surface area contributed by atoms with E-state index in [9.17, 15) is 4.79 Å². The van der Waals surface area contributed by atoms with E-state index in [2.05, 4.69) is 21.3 Å². The van der Waals surface area contributed by atoms with Gasteiger partial charge in [-0.3, -0.25) is 4.79 Å². The number of methoxy groups -OCH3 is 1. The molecule has 2 aromatic heterocycles. The van der Waals surface area contributed by atoms with Gasteiger partial charge in [0, 0.05) is 36.4 Å². The minimum absolute atomic E-state index is 0.126. The molecule has 0 saturated carbocycles. The number of hydrogen-bond acceptors (Lipinski definition) is 4. The first-order valence-corrected chi connectivity index (χ1v) is 10.2. The molecule has 0 unspecified atom stereocenters. The first kappa shape index (κ1) is 20.2. The quantitative estimate of drug-likeness (QED) is 0.523. The van der Waals surface area contributed by atoms with Gasteiger partial charge in [-0.25, -0.2) is 0 Å². The topological polar surface area (TPSA) is 52.5 Å². The molecule has 1 aromatic carbocycles. The number of hydrogen-bond donors (Lipinski definition) is 1. The monoisotopic (exact) mass is 398 g/mol. The lowest BCUT2D eigenvalue weighted by Crippen LogP contribution is -2.14. The van der Waals surface area contributed by atoms with Crippen LogP contribution in [0.5, 0.6) is 5.75 Å². The number of benzene rings is 1. The maximum atomic E-state index is 12.9. The molecule has 3 aromatic rings. The highest BCUT2D eigenvalue weighted by Crippen LogP contribution is 2.26. The molecule has 0 aliphatic rings. The number of aromatic nitrogens is 1. The summed E-state index contributed by atoms with van der Waals surface area (Å²) in [5, 5.41) is 5.07. The van der Waals surface area contributed by atoms with Gasteiger partial charge in [-0.15, -0.1) is 11.3 Å². The lowest BCUT2D eigenvalue weighted by atomic mass is 10.2. The number of carbonyl (C=O) groups is 1. The molecular weight excluding hydrogens is 372 g/mol. The van der Waals surface area contributed by atoms with Crippen molar-refractivity contribution < 1.29 is 14.3 Å². The van der Waals surface area contributed by atoms with E-state index in [1.807, 2.05) is 50.2 Å². The number of nitrogens with one attached hydrogen (secondary N) is 1. The van der Waals surface area contributed by atoms with Gasteiger partial charge in [0.1, 0.15) is 5.75 Å². The van der Waals surface area contributed by atoms with Crippen molar-refractivity contribution in [2.75, 3.05) is 25.6 Å². The summed E-state index contributed by atoms with van der Waals surface area (Å²) < 4.78 is 13.0. The fourth-order valence-corrected chi connectivity index (χ4v) is 3.80. The molecule has 0 aliphatic heterocycles. The third kappa shape index (κ3) is 4.82. The van der Waals surface area contributed by atoms with E-state index < -0.39 is 0 Å². The summed E-state index contributed by atoms with van der Waals surface area (Å²) in [5.74, 6) is 0.540. The Morgan fingerprint density at radius 1 is 1.14 bits per heavy atom. The predicted octanol–water partition coefficient (Wildman–Crippen LogP) is 4.88. The van der Waals surface area contributed by atoms with Crippen LogP contribution in [0.25, 0.3) is 0 Å². The number of thiophene rings is 1. The average Bonchev–Trinajstić information content (AvgIpc) is 3.30. The first-order chi connectivity index (χ1) is 13.6. The zero-order valence-electron chi connectivity index (χ0n) is 16.5. The third-order valence-corrected chi connectivity index (χ3v) is 5.46. The first-order valence-electron chi connectivity index (χ1n) is 9.31. The standard InChI is InChI=1S/C22H26N2O3S/c1-16-14-19(17(2)24(16)15-18-8-6-13-28-18)22(25)23-20-9-4-5-10-21(20)27-12-7-11-26-3/h4-6,8-10,13-14H,7,11-12,15H2,1-3H3,(H,23,25). The van der Waals surface area contributed by atoms with E-state index in [1.54, 1.807) is 18.4 Å². The fourth-order valence-electron chi connectivity index (χ4n) is 3.10. The van der Waals surface area contributed by atoms with E-state index in [-0.39, 0.29) is 5.91 Å². The Morgan fingerprint density at radius 3 is 2.71 bits per heavy atom. The highest BCUT2D eigenvalue weighted by Gasteiger charge is 2.17. The molecule has 0 radical (unpaired) electrons. The predicted molar refractivity (Wildman–Crippen MR) is 114 cm³/mol. The van der Waals surface area contributed by atoms with Gasteiger partial charge in [0.15, 0.2) is 0 Å². The number of carbonyl (C=O) groups excluding carboxylic acids is 1. The van der Waals surface area contributed by atoms with Crippen LogP contribution in [0, 0.1) is 13.8 Å². The molecule has 1 N–H and O–H groups in total. The fraction of sp³-hybridized carbons (Fsp3) is 0.318. The largest absolute Gasteiger partial charge is 0.491 e. The van der Waals surface area contributed by atoms with Crippen molar-refractivity contribution >= 4 is 22.9 Å². The van der Waals surface area contributed by atoms with Crippen molar-refractivity contribution in [3.05, 3.63) is 69.7 Å². The summed E-state index contributed by atoms with van der Waals surface area (Å²) in [6.07, 6.45) is 0.794. The lowest BCUT2D eigenvalue weighted by Gasteiger charge is -2.13. The lowest BCUT2D eigenvalue weighted by molar-refractivity contribution is 0.102. The normalized spacial score (nSPS) is 10.8. The Kier molecular flexibility index (Phi) is 6.90. The van der Waals surface area contributed by atoms with Crippen LogP contribution in [-0.4, -0.2) is 30.8 Å². The van der Waals surface area contributed by atoms with Gasteiger partial charge in [0.05, 0.1) is 24.4 Å². The molecule has 6 heteroatoms. The summed E-state index contributed by atoms with van der Waals surface area (Å²) in [6, 6.07) is 13.6. The van der Waals surface area contributed by atoms with Gasteiger partial charge in [-0.2, -0.15) is 0 Å². The van der Waals surface area contributed by atoms with Gasteiger partial charge in [-0.1, -0.05) is 18.2 Å². The zero-order valence-corrected chi connectivity index (χ0v) is 17.3. The van der Waals surface area contributed by atoms with Crippen LogP contribution in [0.4, 0.5) is 5.69 Å². The second-order valence-corrected chi connectivity index (χ2v) is 7.63. The summed E-state index contributed by atoms with van der Waals surface area (Å²) in [6.45, 7) is 5.98. The van der Waals surface area contributed by atoms with Crippen LogP contribution in [0.3, 0.4) is 0 Å². The summed E-state index contributed by atoms with van der Waals surface area (Å²) in [5.41, 5.74) is 3.39. The van der Waals surface area contributed by atoms with Crippen molar-refractivity contribution in [1.82, 2.24) is 4.57 Å². The van der Waals surface area contributed by atoms with Crippen LogP contribution in [-0.2, 0) is 11.3 Å². The number of amides is 1. The highest BCUT2D eigenvalue weighted by atomic mass is 32.1. The van der Waals surface area contributed by atoms with Crippen molar-refractivity contribution in [2.24, 2.45) is 0 Å². The molecule has 0 atom stereocenters. The molecule has 0 bridgehead atoms.